The zero-order valence-corrected chi connectivity index (χ0v) is 8.65. The van der Waals surface area contributed by atoms with Gasteiger partial charge in [0.2, 0.25) is 0 Å². The second-order valence-electron chi connectivity index (χ2n) is 3.13. The number of ether oxygens (including phenoxy) is 1. The number of methoxy groups -OCH3 is 1. The molecule has 0 N–H and O–H groups in total. The topological polar surface area (TPSA) is 9.23 Å². The second-order valence-corrected chi connectivity index (χ2v) is 4.38. The van der Waals surface area contributed by atoms with E-state index < -0.39 is 0 Å². The molecule has 0 saturated carbocycles. The lowest BCUT2D eigenvalue weighted by atomic mass is 10.2. The largest absolute Gasteiger partial charge is 0.380 e. The Kier molecular flexibility index (Phi) is 2.34. The summed E-state index contributed by atoms with van der Waals surface area (Å²) in [5, 5.41) is 1.33. The molecule has 0 bridgehead atoms. The highest BCUT2D eigenvalue weighted by Gasteiger charge is 2.02. The van der Waals surface area contributed by atoms with Gasteiger partial charge in [-0.3, -0.25) is 0 Å². The molecule has 0 unspecified atom stereocenters. The quantitative estimate of drug-likeness (QED) is 0.709. The van der Waals surface area contributed by atoms with Crippen LogP contribution in [0.5, 0.6) is 0 Å². The Labute approximate surface area is 82.0 Å². The summed E-state index contributed by atoms with van der Waals surface area (Å²) in [5.74, 6) is 0. The monoisotopic (exact) mass is 192 g/mol. The molecule has 0 radical (unpaired) electrons. The first kappa shape index (κ1) is 8.73. The summed E-state index contributed by atoms with van der Waals surface area (Å²) in [6, 6.07) is 8.59. The molecular weight excluding hydrogens is 180 g/mol. The van der Waals surface area contributed by atoms with Crippen molar-refractivity contribution in [3.05, 3.63) is 34.7 Å². The second kappa shape index (κ2) is 3.48. The molecular formula is C11H12OS. The van der Waals surface area contributed by atoms with Gasteiger partial charge < -0.3 is 4.74 Å². The Morgan fingerprint density at radius 3 is 3.00 bits per heavy atom. The third kappa shape index (κ3) is 1.60. The molecule has 1 heterocycles. The van der Waals surface area contributed by atoms with E-state index in [4.69, 9.17) is 4.74 Å². The van der Waals surface area contributed by atoms with Crippen LogP contribution in [-0.4, -0.2) is 7.11 Å². The predicted molar refractivity (Wildman–Crippen MR) is 57.3 cm³/mol. The van der Waals surface area contributed by atoms with Gasteiger partial charge in [-0.1, -0.05) is 18.2 Å². The van der Waals surface area contributed by atoms with E-state index in [0.29, 0.717) is 6.61 Å². The molecule has 1 nitrogen and oxygen atoms in total. The van der Waals surface area contributed by atoms with Gasteiger partial charge in [0.15, 0.2) is 0 Å². The lowest BCUT2D eigenvalue weighted by Crippen LogP contribution is -1.85. The average molecular weight is 192 g/mol. The van der Waals surface area contributed by atoms with Gasteiger partial charge in [-0.25, -0.2) is 0 Å². The Bertz CT molecular complexity index is 417. The maximum absolute atomic E-state index is 5.15. The third-order valence-corrected chi connectivity index (χ3v) is 3.19. The molecule has 0 spiro atoms. The molecule has 2 heteroatoms. The summed E-state index contributed by atoms with van der Waals surface area (Å²) in [5.41, 5.74) is 1.29. The maximum atomic E-state index is 5.15. The van der Waals surface area contributed by atoms with Gasteiger partial charge in [0.05, 0.1) is 6.61 Å². The van der Waals surface area contributed by atoms with E-state index in [1.54, 1.807) is 7.11 Å². The predicted octanol–water partition coefficient (Wildman–Crippen LogP) is 3.36. The van der Waals surface area contributed by atoms with Crippen LogP contribution in [0, 0.1) is 6.92 Å². The number of rotatable bonds is 2. The fraction of sp³-hybridized carbons (Fsp3) is 0.273. The Morgan fingerprint density at radius 1 is 1.38 bits per heavy atom. The molecule has 1 aromatic carbocycles. The first-order valence-electron chi connectivity index (χ1n) is 4.28. The standard InChI is InChI=1S/C11H12OS/c1-8-6-9-4-3-5-10(7-12-2)11(9)13-8/h3-6H,7H2,1-2H3. The Morgan fingerprint density at radius 2 is 2.23 bits per heavy atom. The fourth-order valence-corrected chi connectivity index (χ4v) is 2.53. The summed E-state index contributed by atoms with van der Waals surface area (Å²) < 4.78 is 6.51. The van der Waals surface area contributed by atoms with Crippen LogP contribution >= 0.6 is 11.3 Å². The van der Waals surface area contributed by atoms with Gasteiger partial charge in [-0.05, 0) is 23.9 Å². The molecule has 0 aliphatic rings. The van der Waals surface area contributed by atoms with Gasteiger partial charge in [-0.15, -0.1) is 11.3 Å². The number of hydrogen-bond acceptors (Lipinski definition) is 2. The average Bonchev–Trinajstić information content (AvgIpc) is 2.47. The molecule has 2 rings (SSSR count). The number of aryl methyl sites for hydroxylation is 1. The summed E-state index contributed by atoms with van der Waals surface area (Å²) in [4.78, 5) is 1.36. The molecule has 0 atom stereocenters. The SMILES string of the molecule is COCc1cccc2cc(C)sc12. The van der Waals surface area contributed by atoms with Crippen LogP contribution in [0.15, 0.2) is 24.3 Å². The van der Waals surface area contributed by atoms with Crippen molar-refractivity contribution in [1.82, 2.24) is 0 Å². The summed E-state index contributed by atoms with van der Waals surface area (Å²) in [6.45, 7) is 2.85. The van der Waals surface area contributed by atoms with Crippen LogP contribution in [0.3, 0.4) is 0 Å². The number of hydrogen-bond donors (Lipinski definition) is 0. The minimum atomic E-state index is 0.706. The van der Waals surface area contributed by atoms with Gasteiger partial charge >= 0.3 is 0 Å². The highest BCUT2D eigenvalue weighted by Crippen LogP contribution is 2.28. The van der Waals surface area contributed by atoms with E-state index in [1.165, 1.54) is 20.5 Å². The van der Waals surface area contributed by atoms with Crippen molar-refractivity contribution in [2.75, 3.05) is 7.11 Å². The number of fused-ring (bicyclic) bond motifs is 1. The van der Waals surface area contributed by atoms with Crippen LogP contribution in [0.2, 0.25) is 0 Å². The van der Waals surface area contributed by atoms with E-state index in [0.717, 1.165) is 0 Å². The zero-order chi connectivity index (χ0) is 9.26. The van der Waals surface area contributed by atoms with Gasteiger partial charge in [0, 0.05) is 16.7 Å². The van der Waals surface area contributed by atoms with Crippen molar-refractivity contribution in [2.45, 2.75) is 13.5 Å². The molecule has 0 aliphatic carbocycles. The third-order valence-electron chi connectivity index (χ3n) is 2.05. The molecule has 1 aromatic heterocycles. The van der Waals surface area contributed by atoms with Crippen molar-refractivity contribution in [1.29, 1.82) is 0 Å². The van der Waals surface area contributed by atoms with E-state index in [2.05, 4.69) is 31.2 Å². The number of thiophene rings is 1. The maximum Gasteiger partial charge on any atom is 0.0727 e. The first-order chi connectivity index (χ1) is 6.31. The van der Waals surface area contributed by atoms with Crippen LogP contribution in [0.25, 0.3) is 10.1 Å². The van der Waals surface area contributed by atoms with Crippen molar-refractivity contribution in [3.63, 3.8) is 0 Å². The molecule has 13 heavy (non-hydrogen) atoms. The number of benzene rings is 1. The summed E-state index contributed by atoms with van der Waals surface area (Å²) >= 11 is 1.84. The van der Waals surface area contributed by atoms with E-state index in [-0.39, 0.29) is 0 Å². The van der Waals surface area contributed by atoms with Gasteiger partial charge in [0.25, 0.3) is 0 Å². The summed E-state index contributed by atoms with van der Waals surface area (Å²) in [6.07, 6.45) is 0. The molecule has 68 valence electrons. The molecule has 0 saturated heterocycles. The van der Waals surface area contributed by atoms with Crippen LogP contribution in [-0.2, 0) is 11.3 Å². The minimum Gasteiger partial charge on any atom is -0.380 e. The molecule has 2 aromatic rings. The van der Waals surface area contributed by atoms with Crippen LogP contribution < -0.4 is 0 Å². The Balaban J connectivity index is 2.60. The van der Waals surface area contributed by atoms with E-state index >= 15 is 0 Å². The minimum absolute atomic E-state index is 0.706. The Hall–Kier alpha value is -0.860. The van der Waals surface area contributed by atoms with E-state index in [1.807, 2.05) is 11.3 Å². The van der Waals surface area contributed by atoms with Crippen molar-refractivity contribution in [3.8, 4) is 0 Å². The lowest BCUT2D eigenvalue weighted by Gasteiger charge is -1.99. The van der Waals surface area contributed by atoms with Crippen molar-refractivity contribution < 1.29 is 4.74 Å². The normalized spacial score (nSPS) is 10.9. The van der Waals surface area contributed by atoms with Crippen molar-refractivity contribution >= 4 is 21.4 Å². The fourth-order valence-electron chi connectivity index (χ4n) is 1.52. The van der Waals surface area contributed by atoms with Gasteiger partial charge in [-0.2, -0.15) is 0 Å². The lowest BCUT2D eigenvalue weighted by molar-refractivity contribution is 0.186. The van der Waals surface area contributed by atoms with E-state index in [9.17, 15) is 0 Å². The molecule has 0 aliphatic heterocycles. The highest BCUT2D eigenvalue weighted by molar-refractivity contribution is 7.19. The summed E-state index contributed by atoms with van der Waals surface area (Å²) in [7, 11) is 1.74. The van der Waals surface area contributed by atoms with Crippen LogP contribution in [0.4, 0.5) is 0 Å². The smallest absolute Gasteiger partial charge is 0.0727 e. The van der Waals surface area contributed by atoms with Gasteiger partial charge in [0.1, 0.15) is 0 Å². The zero-order valence-electron chi connectivity index (χ0n) is 7.83. The van der Waals surface area contributed by atoms with Crippen LogP contribution in [0.1, 0.15) is 10.4 Å². The highest BCUT2D eigenvalue weighted by atomic mass is 32.1. The first-order valence-corrected chi connectivity index (χ1v) is 5.10. The molecule has 0 fully saturated rings. The molecule has 0 amide bonds. The van der Waals surface area contributed by atoms with Crippen molar-refractivity contribution in [2.24, 2.45) is 0 Å².